The Balaban J connectivity index is 2.04. The molecule has 0 bridgehead atoms. The number of thiophene rings is 2. The first-order valence-corrected chi connectivity index (χ1v) is 8.78. The highest BCUT2D eigenvalue weighted by molar-refractivity contribution is 7.18. The van der Waals surface area contributed by atoms with Crippen LogP contribution in [0.2, 0.25) is 0 Å². The van der Waals surface area contributed by atoms with Crippen LogP contribution in [0, 0.1) is 19.8 Å². The molecule has 0 aliphatic rings. The molecule has 0 amide bonds. The van der Waals surface area contributed by atoms with Crippen molar-refractivity contribution < 1.29 is 0 Å². The molecule has 0 fully saturated rings. The van der Waals surface area contributed by atoms with Crippen LogP contribution in [-0.2, 0) is 0 Å². The lowest BCUT2D eigenvalue weighted by atomic mass is 10.0. The number of nitrogens with one attached hydrogen (secondary N) is 1. The summed E-state index contributed by atoms with van der Waals surface area (Å²) < 4.78 is 0. The Kier molecular flexibility index (Phi) is 3.95. The maximum Gasteiger partial charge on any atom is 0.138 e. The molecule has 1 atom stereocenters. The smallest absolute Gasteiger partial charge is 0.138 e. The zero-order valence-corrected chi connectivity index (χ0v) is 14.3. The molecule has 0 unspecified atom stereocenters. The topological polar surface area (TPSA) is 37.8 Å². The van der Waals surface area contributed by atoms with Crippen LogP contribution >= 0.6 is 22.7 Å². The van der Waals surface area contributed by atoms with Crippen molar-refractivity contribution in [3.8, 4) is 0 Å². The average molecular weight is 317 g/mol. The second-order valence-electron chi connectivity index (χ2n) is 5.57. The number of aromatic nitrogens is 2. The van der Waals surface area contributed by atoms with Gasteiger partial charge in [0, 0.05) is 9.75 Å². The van der Waals surface area contributed by atoms with Crippen LogP contribution in [0.1, 0.15) is 35.2 Å². The first kappa shape index (κ1) is 14.5. The van der Waals surface area contributed by atoms with E-state index in [1.165, 1.54) is 20.7 Å². The molecule has 21 heavy (non-hydrogen) atoms. The van der Waals surface area contributed by atoms with E-state index in [4.69, 9.17) is 0 Å². The molecule has 3 rings (SSSR count). The number of aryl methyl sites for hydroxylation is 2. The summed E-state index contributed by atoms with van der Waals surface area (Å²) in [6.45, 7) is 8.77. The molecule has 3 aromatic heterocycles. The number of anilines is 1. The van der Waals surface area contributed by atoms with Gasteiger partial charge in [0.15, 0.2) is 0 Å². The number of fused-ring (bicyclic) bond motifs is 1. The molecule has 3 nitrogen and oxygen atoms in total. The van der Waals surface area contributed by atoms with Crippen LogP contribution in [0.5, 0.6) is 0 Å². The molecule has 110 valence electrons. The fourth-order valence-electron chi connectivity index (χ4n) is 2.47. The van der Waals surface area contributed by atoms with E-state index in [1.54, 1.807) is 29.0 Å². The van der Waals surface area contributed by atoms with Crippen LogP contribution in [0.3, 0.4) is 0 Å². The Morgan fingerprint density at radius 3 is 2.67 bits per heavy atom. The Hall–Kier alpha value is -1.46. The lowest BCUT2D eigenvalue weighted by molar-refractivity contribution is 0.552. The van der Waals surface area contributed by atoms with Crippen molar-refractivity contribution in [2.75, 3.05) is 5.32 Å². The number of hydrogen-bond donors (Lipinski definition) is 1. The third-order valence-electron chi connectivity index (χ3n) is 3.77. The van der Waals surface area contributed by atoms with E-state index < -0.39 is 0 Å². The first-order valence-electron chi connectivity index (χ1n) is 7.08. The van der Waals surface area contributed by atoms with Gasteiger partial charge in [-0.2, -0.15) is 0 Å². The van der Waals surface area contributed by atoms with Gasteiger partial charge in [-0.1, -0.05) is 19.9 Å². The maximum absolute atomic E-state index is 4.50. The highest BCUT2D eigenvalue weighted by Gasteiger charge is 2.20. The van der Waals surface area contributed by atoms with Gasteiger partial charge in [-0.15, -0.1) is 22.7 Å². The van der Waals surface area contributed by atoms with Crippen molar-refractivity contribution in [3.63, 3.8) is 0 Å². The number of nitrogens with zero attached hydrogens (tertiary/aromatic N) is 2. The second kappa shape index (κ2) is 5.73. The fraction of sp³-hybridized carbons (Fsp3) is 0.375. The fourth-order valence-corrected chi connectivity index (χ4v) is 4.42. The largest absolute Gasteiger partial charge is 0.362 e. The van der Waals surface area contributed by atoms with Gasteiger partial charge in [0.05, 0.1) is 11.4 Å². The van der Waals surface area contributed by atoms with Gasteiger partial charge in [0.2, 0.25) is 0 Å². The van der Waals surface area contributed by atoms with Crippen molar-refractivity contribution in [2.45, 2.75) is 33.7 Å². The van der Waals surface area contributed by atoms with Gasteiger partial charge in [-0.25, -0.2) is 9.97 Å². The Morgan fingerprint density at radius 1 is 1.19 bits per heavy atom. The standard InChI is InChI=1S/C16H19N3S2/c1-9(2)14(12-6-5-7-20-12)19-15-13-10(3)11(4)21-16(13)18-8-17-15/h5-9,14H,1-4H3,(H,17,18,19)/t14-/m0/s1. The Bertz CT molecular complexity index is 744. The summed E-state index contributed by atoms with van der Waals surface area (Å²) in [5.41, 5.74) is 1.28. The van der Waals surface area contributed by atoms with Gasteiger partial charge in [-0.3, -0.25) is 0 Å². The highest BCUT2D eigenvalue weighted by atomic mass is 32.1. The number of hydrogen-bond acceptors (Lipinski definition) is 5. The van der Waals surface area contributed by atoms with Gasteiger partial charge in [0.25, 0.3) is 0 Å². The van der Waals surface area contributed by atoms with E-state index >= 15 is 0 Å². The molecular weight excluding hydrogens is 298 g/mol. The van der Waals surface area contributed by atoms with Crippen molar-refractivity contribution in [1.29, 1.82) is 0 Å². The molecule has 5 heteroatoms. The molecule has 0 saturated carbocycles. The molecule has 0 radical (unpaired) electrons. The average Bonchev–Trinajstić information content (AvgIpc) is 3.06. The quantitative estimate of drug-likeness (QED) is 0.720. The molecule has 0 aromatic carbocycles. The summed E-state index contributed by atoms with van der Waals surface area (Å²) in [5.74, 6) is 1.45. The number of rotatable bonds is 4. The minimum Gasteiger partial charge on any atom is -0.362 e. The second-order valence-corrected chi connectivity index (χ2v) is 7.75. The van der Waals surface area contributed by atoms with E-state index in [1.807, 2.05) is 0 Å². The summed E-state index contributed by atoms with van der Waals surface area (Å²) in [5, 5.41) is 6.94. The molecule has 0 spiro atoms. The van der Waals surface area contributed by atoms with Crippen molar-refractivity contribution >= 4 is 38.7 Å². The maximum atomic E-state index is 4.50. The zero-order valence-electron chi connectivity index (χ0n) is 12.7. The van der Waals surface area contributed by atoms with Crippen LogP contribution in [0.4, 0.5) is 5.82 Å². The van der Waals surface area contributed by atoms with E-state index in [-0.39, 0.29) is 6.04 Å². The van der Waals surface area contributed by atoms with Crippen molar-refractivity contribution in [2.24, 2.45) is 5.92 Å². The lowest BCUT2D eigenvalue weighted by Crippen LogP contribution is -2.16. The summed E-state index contributed by atoms with van der Waals surface area (Å²) in [7, 11) is 0. The summed E-state index contributed by atoms with van der Waals surface area (Å²) in [4.78, 5) is 12.6. The predicted octanol–water partition coefficient (Wildman–Crippen LogP) is 5.18. The summed E-state index contributed by atoms with van der Waals surface area (Å²) in [6.07, 6.45) is 1.66. The van der Waals surface area contributed by atoms with Gasteiger partial charge >= 0.3 is 0 Å². The third-order valence-corrected chi connectivity index (χ3v) is 5.84. The van der Waals surface area contributed by atoms with E-state index in [0.29, 0.717) is 5.92 Å². The molecule has 3 heterocycles. The minimum absolute atomic E-state index is 0.280. The molecule has 0 saturated heterocycles. The van der Waals surface area contributed by atoms with Crippen LogP contribution in [0.15, 0.2) is 23.8 Å². The Morgan fingerprint density at radius 2 is 2.00 bits per heavy atom. The lowest BCUT2D eigenvalue weighted by Gasteiger charge is -2.22. The molecule has 0 aliphatic carbocycles. The molecule has 1 N–H and O–H groups in total. The van der Waals surface area contributed by atoms with Crippen LogP contribution < -0.4 is 5.32 Å². The van der Waals surface area contributed by atoms with Crippen molar-refractivity contribution in [3.05, 3.63) is 39.2 Å². The predicted molar refractivity (Wildman–Crippen MR) is 92.4 cm³/mol. The minimum atomic E-state index is 0.280. The van der Waals surface area contributed by atoms with E-state index in [9.17, 15) is 0 Å². The summed E-state index contributed by atoms with van der Waals surface area (Å²) in [6, 6.07) is 4.57. The third kappa shape index (κ3) is 2.68. The zero-order chi connectivity index (χ0) is 15.0. The van der Waals surface area contributed by atoms with Crippen LogP contribution in [0.25, 0.3) is 10.2 Å². The molecule has 0 aliphatic heterocycles. The van der Waals surface area contributed by atoms with Gasteiger partial charge < -0.3 is 5.32 Å². The van der Waals surface area contributed by atoms with E-state index in [2.05, 4.69) is 60.5 Å². The first-order chi connectivity index (χ1) is 10.1. The van der Waals surface area contributed by atoms with Gasteiger partial charge in [0.1, 0.15) is 17.0 Å². The van der Waals surface area contributed by atoms with Gasteiger partial charge in [-0.05, 0) is 36.8 Å². The molecule has 3 aromatic rings. The van der Waals surface area contributed by atoms with Crippen molar-refractivity contribution in [1.82, 2.24) is 9.97 Å². The molecular formula is C16H19N3S2. The van der Waals surface area contributed by atoms with E-state index in [0.717, 1.165) is 10.6 Å². The Labute approximate surface area is 133 Å². The normalized spacial score (nSPS) is 13.0. The monoisotopic (exact) mass is 317 g/mol. The highest BCUT2D eigenvalue weighted by Crippen LogP contribution is 2.36. The SMILES string of the molecule is Cc1sc2ncnc(N[C@H](c3cccs3)C(C)C)c2c1C. The van der Waals surface area contributed by atoms with Crippen LogP contribution in [-0.4, -0.2) is 9.97 Å². The summed E-state index contributed by atoms with van der Waals surface area (Å²) >= 11 is 3.53.